The highest BCUT2D eigenvalue weighted by Gasteiger charge is 2.40. The van der Waals surface area contributed by atoms with E-state index in [0.29, 0.717) is 53.1 Å². The Morgan fingerprint density at radius 2 is 2.19 bits per heavy atom. The van der Waals surface area contributed by atoms with Gasteiger partial charge in [-0.25, -0.2) is 10.4 Å². The van der Waals surface area contributed by atoms with Crippen molar-refractivity contribution in [3.63, 3.8) is 0 Å². The number of rotatable bonds is 6. The molecule has 2 aliphatic rings. The Labute approximate surface area is 183 Å². The van der Waals surface area contributed by atoms with E-state index in [1.807, 2.05) is 29.8 Å². The molecule has 0 aliphatic carbocycles. The molecule has 164 valence electrons. The van der Waals surface area contributed by atoms with Crippen LogP contribution in [0.4, 0.5) is 11.6 Å². The third-order valence-corrected chi connectivity index (χ3v) is 5.40. The highest BCUT2D eigenvalue weighted by Crippen LogP contribution is 2.37. The summed E-state index contributed by atoms with van der Waals surface area (Å²) in [5.74, 6) is 2.36. The summed E-state index contributed by atoms with van der Waals surface area (Å²) in [5, 5.41) is 18.6. The first-order chi connectivity index (χ1) is 15.6. The van der Waals surface area contributed by atoms with Gasteiger partial charge < -0.3 is 19.9 Å². The molecule has 10 heteroatoms. The average Bonchev–Trinajstić information content (AvgIpc) is 3.43. The van der Waals surface area contributed by atoms with E-state index < -0.39 is 6.04 Å². The average molecular weight is 435 g/mol. The van der Waals surface area contributed by atoms with Crippen LogP contribution in [0.2, 0.25) is 0 Å². The third kappa shape index (κ3) is 3.65. The molecule has 1 aromatic carbocycles. The Morgan fingerprint density at radius 3 is 3.00 bits per heavy atom. The van der Waals surface area contributed by atoms with E-state index in [4.69, 9.17) is 9.47 Å². The van der Waals surface area contributed by atoms with E-state index in [1.165, 1.54) is 0 Å². The Balaban J connectivity index is 1.57. The molecule has 2 aliphatic heterocycles. The zero-order valence-corrected chi connectivity index (χ0v) is 17.5. The number of fused-ring (bicyclic) bond motifs is 2. The van der Waals surface area contributed by atoms with Gasteiger partial charge in [-0.3, -0.25) is 9.78 Å². The van der Waals surface area contributed by atoms with Crippen molar-refractivity contribution in [2.45, 2.75) is 25.8 Å². The summed E-state index contributed by atoms with van der Waals surface area (Å²) in [6.07, 6.45) is 4.42. The minimum atomic E-state index is -0.479. The van der Waals surface area contributed by atoms with Gasteiger partial charge in [0.15, 0.2) is 17.5 Å². The van der Waals surface area contributed by atoms with Gasteiger partial charge in [0.1, 0.15) is 0 Å². The van der Waals surface area contributed by atoms with Gasteiger partial charge >= 0.3 is 5.95 Å². The second kappa shape index (κ2) is 8.31. The number of H-pyrrole nitrogens is 1. The number of benzene rings is 1. The number of carbonyl (C=O) groups is 1. The number of ether oxygens (including phenoxy) is 2. The highest BCUT2D eigenvalue weighted by molar-refractivity contribution is 6.05. The Kier molecular flexibility index (Phi) is 5.20. The lowest BCUT2D eigenvalue weighted by Gasteiger charge is -2.24. The normalized spacial score (nSPS) is 16.5. The fourth-order valence-corrected chi connectivity index (χ4v) is 3.93. The number of aromatic amines is 1. The zero-order valence-electron chi connectivity index (χ0n) is 17.5. The van der Waals surface area contributed by atoms with Crippen molar-refractivity contribution >= 4 is 17.5 Å². The lowest BCUT2D eigenvalue weighted by Crippen LogP contribution is -2.50. The van der Waals surface area contributed by atoms with Crippen LogP contribution in [0.3, 0.4) is 0 Å². The minimum absolute atomic E-state index is 0.0745. The van der Waals surface area contributed by atoms with Crippen LogP contribution in [-0.4, -0.2) is 39.5 Å². The van der Waals surface area contributed by atoms with E-state index >= 15 is 0 Å². The number of hydrogen-bond donors (Lipinski definition) is 4. The van der Waals surface area contributed by atoms with Crippen LogP contribution in [0.25, 0.3) is 0 Å². The lowest BCUT2D eigenvalue weighted by molar-refractivity contribution is -0.747. The van der Waals surface area contributed by atoms with Crippen molar-refractivity contribution in [1.29, 1.82) is 0 Å². The summed E-state index contributed by atoms with van der Waals surface area (Å²) >= 11 is 0. The number of aryl methyl sites for hydroxylation is 1. The molecular weight excluding hydrogens is 412 g/mol. The van der Waals surface area contributed by atoms with Crippen molar-refractivity contribution in [3.8, 4) is 11.5 Å². The molecule has 0 radical (unpaired) electrons. The molecule has 1 atom stereocenters. The number of carbonyl (C=O) groups excluding carboxylic acids is 1. The smallest absolute Gasteiger partial charge is 0.416 e. The summed E-state index contributed by atoms with van der Waals surface area (Å²) in [6.45, 7) is 2.09. The molecule has 1 unspecified atom stereocenters. The number of aromatic nitrogens is 4. The molecule has 4 heterocycles. The molecule has 0 saturated heterocycles. The first-order valence-corrected chi connectivity index (χ1v) is 10.3. The van der Waals surface area contributed by atoms with Crippen LogP contribution in [0, 0.1) is 0 Å². The SMILES string of the molecule is CC1=C(C(=O)Nc2cccnc2)C(c2ccc3c(c2)OCO3)[n+]2[nH]c(CCCO)nc2N1. The van der Waals surface area contributed by atoms with Crippen LogP contribution in [0.5, 0.6) is 11.5 Å². The zero-order chi connectivity index (χ0) is 22.1. The number of nitrogens with one attached hydrogen (secondary N) is 3. The Morgan fingerprint density at radius 1 is 1.31 bits per heavy atom. The maximum Gasteiger partial charge on any atom is 0.416 e. The first-order valence-electron chi connectivity index (χ1n) is 10.3. The number of aliphatic hydroxyl groups is 1. The number of amides is 1. The van der Waals surface area contributed by atoms with Gasteiger partial charge in [0, 0.05) is 24.8 Å². The number of hydrogen-bond acceptors (Lipinski definition) is 7. The van der Waals surface area contributed by atoms with Crippen molar-refractivity contribution in [3.05, 3.63) is 65.4 Å². The number of pyridine rings is 1. The van der Waals surface area contributed by atoms with E-state index in [9.17, 15) is 9.90 Å². The van der Waals surface area contributed by atoms with Gasteiger partial charge in [0.2, 0.25) is 12.6 Å². The van der Waals surface area contributed by atoms with Crippen LogP contribution >= 0.6 is 0 Å². The second-order valence-corrected chi connectivity index (χ2v) is 7.57. The molecular formula is C22H23N6O4+. The maximum absolute atomic E-state index is 13.4. The van der Waals surface area contributed by atoms with Crippen LogP contribution in [0.1, 0.15) is 30.8 Å². The maximum atomic E-state index is 13.4. The van der Waals surface area contributed by atoms with Crippen molar-refractivity contribution in [1.82, 2.24) is 15.1 Å². The summed E-state index contributed by atoms with van der Waals surface area (Å²) < 4.78 is 12.8. The van der Waals surface area contributed by atoms with Crippen molar-refractivity contribution < 1.29 is 24.1 Å². The second-order valence-electron chi connectivity index (χ2n) is 7.57. The topological polar surface area (TPSA) is 125 Å². The number of allylic oxidation sites excluding steroid dienone is 1. The van der Waals surface area contributed by atoms with Crippen molar-refractivity contribution in [2.24, 2.45) is 0 Å². The molecule has 3 aromatic rings. The summed E-state index contributed by atoms with van der Waals surface area (Å²) in [5.41, 5.74) is 2.66. The molecule has 4 N–H and O–H groups in total. The summed E-state index contributed by atoms with van der Waals surface area (Å²) in [4.78, 5) is 22.1. The Hall–Kier alpha value is -3.92. The predicted molar refractivity (Wildman–Crippen MR) is 114 cm³/mol. The summed E-state index contributed by atoms with van der Waals surface area (Å²) in [6, 6.07) is 8.71. The highest BCUT2D eigenvalue weighted by atomic mass is 16.7. The lowest BCUT2D eigenvalue weighted by atomic mass is 9.94. The van der Waals surface area contributed by atoms with Crippen LogP contribution in [-0.2, 0) is 11.2 Å². The van der Waals surface area contributed by atoms with Crippen LogP contribution in [0.15, 0.2) is 54.0 Å². The molecule has 32 heavy (non-hydrogen) atoms. The molecule has 10 nitrogen and oxygen atoms in total. The van der Waals surface area contributed by atoms with Gasteiger partial charge in [-0.15, -0.1) is 4.68 Å². The fraction of sp³-hybridized carbons (Fsp3) is 0.273. The number of nitrogens with zero attached hydrogens (tertiary/aromatic N) is 3. The van der Waals surface area contributed by atoms with E-state index in [1.54, 1.807) is 24.5 Å². The van der Waals surface area contributed by atoms with Gasteiger partial charge in [0.05, 0.1) is 23.2 Å². The minimum Gasteiger partial charge on any atom is -0.454 e. The molecule has 2 aromatic heterocycles. The van der Waals surface area contributed by atoms with Crippen molar-refractivity contribution in [2.75, 3.05) is 24.0 Å². The molecule has 0 fully saturated rings. The van der Waals surface area contributed by atoms with Gasteiger partial charge in [-0.1, -0.05) is 11.1 Å². The molecule has 0 spiro atoms. The fourth-order valence-electron chi connectivity index (χ4n) is 3.93. The largest absolute Gasteiger partial charge is 0.454 e. The summed E-state index contributed by atoms with van der Waals surface area (Å²) in [7, 11) is 0. The molecule has 1 amide bonds. The van der Waals surface area contributed by atoms with E-state index in [-0.39, 0.29) is 19.3 Å². The quantitative estimate of drug-likeness (QED) is 0.434. The molecule has 5 rings (SSSR count). The Bertz CT molecular complexity index is 1190. The van der Waals surface area contributed by atoms with E-state index in [2.05, 4.69) is 25.7 Å². The third-order valence-electron chi connectivity index (χ3n) is 5.40. The molecule has 0 saturated carbocycles. The van der Waals surface area contributed by atoms with Crippen LogP contribution < -0.4 is 24.8 Å². The monoisotopic (exact) mass is 435 g/mol. The first kappa shape index (κ1) is 20.0. The predicted octanol–water partition coefficient (Wildman–Crippen LogP) is 1.67. The van der Waals surface area contributed by atoms with Gasteiger partial charge in [0.25, 0.3) is 5.91 Å². The molecule has 0 bridgehead atoms. The van der Waals surface area contributed by atoms with Gasteiger partial charge in [-0.05, 0) is 37.6 Å². The standard InChI is InChI=1S/C22H22N6O4/c1-13-19(21(30)25-15-4-2-8-23-11-15)20(14-6-7-16-17(10-14)32-12-31-16)28-22(24-13)26-18(27-28)5-3-9-29/h2,4,6-8,10-11,20,29H,3,5,9,12H2,1H3,(H2,24,25,26,27,30)/p+1. The van der Waals surface area contributed by atoms with Gasteiger partial charge in [-0.2, -0.15) is 0 Å². The number of aliphatic hydroxyl groups excluding tert-OH is 1. The van der Waals surface area contributed by atoms with E-state index in [0.717, 1.165) is 5.56 Å². The number of anilines is 2.